The quantitative estimate of drug-likeness (QED) is 0.0275. The zero-order valence-electron chi connectivity index (χ0n) is 39.6. The first-order chi connectivity index (χ1) is 36.3. The van der Waals surface area contributed by atoms with E-state index in [0.717, 1.165) is 10.9 Å². The lowest BCUT2D eigenvalue weighted by Crippen LogP contribution is -2.36. The molecule has 4 aliphatic heterocycles. The molecule has 0 bridgehead atoms. The van der Waals surface area contributed by atoms with Crippen molar-refractivity contribution in [2.45, 2.75) is 61.9 Å². The van der Waals surface area contributed by atoms with E-state index >= 15 is 0 Å². The molecule has 0 aliphatic carbocycles. The van der Waals surface area contributed by atoms with E-state index in [1.54, 1.807) is 34.2 Å². The molecule has 2 unspecified atom stereocenters. The molecule has 10 rings (SSSR count). The second-order valence-corrected chi connectivity index (χ2v) is 20.4. The topological polar surface area (TPSA) is 326 Å². The van der Waals surface area contributed by atoms with Crippen molar-refractivity contribution in [3.05, 3.63) is 94.0 Å². The van der Waals surface area contributed by atoms with Gasteiger partial charge in [0.2, 0.25) is 11.9 Å². The molecule has 2 aromatic carbocycles. The van der Waals surface area contributed by atoms with Crippen LogP contribution in [-0.2, 0) is 55.2 Å². The van der Waals surface area contributed by atoms with Gasteiger partial charge in [0.1, 0.15) is 36.6 Å². The summed E-state index contributed by atoms with van der Waals surface area (Å²) in [5, 5.41) is 9.24. The number of nitriles is 1. The van der Waals surface area contributed by atoms with Gasteiger partial charge in [-0.15, -0.1) is 0 Å². The number of aromatic nitrogens is 8. The number of H-pyrrole nitrogens is 2. The maximum absolute atomic E-state index is 12.7. The summed E-state index contributed by atoms with van der Waals surface area (Å²) in [5.74, 6) is 0.957. The summed E-state index contributed by atoms with van der Waals surface area (Å²) in [7, 11) is -3.51. The first-order valence-electron chi connectivity index (χ1n) is 23.5. The van der Waals surface area contributed by atoms with Gasteiger partial charge >= 0.3 is 31.4 Å². The van der Waals surface area contributed by atoms with E-state index in [0.29, 0.717) is 24.5 Å². The minimum Gasteiger partial charge on any atom is -0.399 e. The number of thioether (sulfide) groups is 1. The van der Waals surface area contributed by atoms with Crippen molar-refractivity contribution in [1.82, 2.24) is 39.0 Å². The van der Waals surface area contributed by atoms with Gasteiger partial charge < -0.3 is 71.7 Å². The predicted octanol–water partition coefficient (Wildman–Crippen LogP) is 1.86. The summed E-state index contributed by atoms with van der Waals surface area (Å²) < 4.78 is 78.7. The number of fused-ring (bicyclic) bond motifs is 4. The van der Waals surface area contributed by atoms with Gasteiger partial charge in [-0.05, 0) is 10.9 Å². The third-order valence-electron chi connectivity index (χ3n) is 11.9. The smallest absolute Gasteiger partial charge is 0.399 e. The molecule has 0 radical (unpaired) electrons. The van der Waals surface area contributed by atoms with Crippen LogP contribution in [0.5, 0.6) is 0 Å². The van der Waals surface area contributed by atoms with Crippen LogP contribution in [0.4, 0.5) is 11.9 Å². The van der Waals surface area contributed by atoms with Gasteiger partial charge in [0.15, 0.2) is 34.8 Å². The van der Waals surface area contributed by atoms with Crippen molar-refractivity contribution in [1.29, 1.82) is 5.26 Å². The van der Waals surface area contributed by atoms with Gasteiger partial charge in [0.05, 0.1) is 64.8 Å². The normalized spacial score (nSPS) is 24.3. The van der Waals surface area contributed by atoms with Crippen LogP contribution >= 0.6 is 29.0 Å². The zero-order valence-corrected chi connectivity index (χ0v) is 42.2. The maximum atomic E-state index is 12.7. The molecule has 6 aromatic rings. The van der Waals surface area contributed by atoms with Crippen LogP contribution in [0.15, 0.2) is 87.9 Å². The Bertz CT molecular complexity index is 3020. The van der Waals surface area contributed by atoms with E-state index < -0.39 is 91.6 Å². The highest BCUT2D eigenvalue weighted by Gasteiger charge is 2.57. The lowest BCUT2D eigenvalue weighted by atomic mass is 9.79. The largest absolute Gasteiger partial charge is 0.494 e. The third kappa shape index (κ3) is 11.9. The van der Waals surface area contributed by atoms with Crippen LogP contribution in [0.2, 0.25) is 0 Å². The fraction of sp³-hybridized carbons (Fsp3) is 0.442. The van der Waals surface area contributed by atoms with E-state index in [4.69, 9.17) is 66.7 Å². The monoisotopic (exact) mass is 1070 g/mol. The van der Waals surface area contributed by atoms with E-state index in [1.807, 2.05) is 60.7 Å². The van der Waals surface area contributed by atoms with E-state index in [2.05, 4.69) is 41.0 Å². The van der Waals surface area contributed by atoms with Crippen molar-refractivity contribution in [3.8, 4) is 6.07 Å². The van der Waals surface area contributed by atoms with E-state index in [-0.39, 0.29) is 73.7 Å². The average molecular weight is 1070 g/mol. The molecule has 388 valence electrons. The number of imidazole rings is 2. The SMILES string of the molecule is CN=CCCOP(OCCSCCOP(OCCC#N)OC[C@H]1O[C@@H](n2cnc3c(=O)[nH]c(N)nc32)[C@@H]2OB(c3ccccc3)O[C@@H]21)OC[C@H]1O[C@@H](n2cnc3c(=O)[nH]c(N)nc32)[C@@H]2OB(c3ccccc3)O[C@@H]21. The van der Waals surface area contributed by atoms with Gasteiger partial charge in [-0.3, -0.25) is 28.7 Å². The average Bonchev–Trinajstić information content (AvgIpc) is 4.28. The number of benzene rings is 2. The molecule has 31 heteroatoms. The summed E-state index contributed by atoms with van der Waals surface area (Å²) in [4.78, 5) is 51.5. The molecule has 8 heterocycles. The first kappa shape index (κ1) is 52.2. The Morgan fingerprint density at radius 1 is 0.703 bits per heavy atom. The second kappa shape index (κ2) is 24.6. The number of nitrogen functional groups attached to an aromatic ring is 2. The molecule has 4 aromatic heterocycles. The summed E-state index contributed by atoms with van der Waals surface area (Å²) >= 11 is 1.57. The Labute approximate surface area is 429 Å². The van der Waals surface area contributed by atoms with Crippen LogP contribution in [0, 0.1) is 11.3 Å². The molecular weight excluding hydrogens is 1020 g/mol. The van der Waals surface area contributed by atoms with Crippen molar-refractivity contribution in [2.24, 2.45) is 4.99 Å². The Morgan fingerprint density at radius 3 is 1.64 bits per heavy atom. The molecule has 0 spiro atoms. The summed E-state index contributed by atoms with van der Waals surface area (Å²) in [6.07, 6.45) is -0.103. The third-order valence-corrected chi connectivity index (χ3v) is 15.1. The molecule has 74 heavy (non-hydrogen) atoms. The predicted molar refractivity (Wildman–Crippen MR) is 272 cm³/mol. The number of hydrogen-bond donors (Lipinski definition) is 4. The number of anilines is 2. The van der Waals surface area contributed by atoms with Crippen molar-refractivity contribution >= 4 is 94.6 Å². The minimum absolute atomic E-state index is 0.0177. The molecule has 4 saturated heterocycles. The van der Waals surface area contributed by atoms with Crippen LogP contribution in [0.1, 0.15) is 25.3 Å². The van der Waals surface area contributed by atoms with Crippen molar-refractivity contribution < 1.29 is 55.2 Å². The number of hydrogen-bond acceptors (Lipinski definition) is 23. The summed E-state index contributed by atoms with van der Waals surface area (Å²) in [6, 6.07) is 21.1. The molecular formula is C43H50B2N12O14P2S. The molecule has 4 aliphatic rings. The fourth-order valence-electron chi connectivity index (χ4n) is 8.59. The number of nitrogens with one attached hydrogen (secondary N) is 2. The van der Waals surface area contributed by atoms with Crippen LogP contribution in [0.3, 0.4) is 0 Å². The lowest BCUT2D eigenvalue weighted by Gasteiger charge is -2.22. The number of aliphatic imine (C=N–C) groups is 1. The highest BCUT2D eigenvalue weighted by molar-refractivity contribution is 7.99. The second-order valence-electron chi connectivity index (χ2n) is 16.7. The van der Waals surface area contributed by atoms with Gasteiger partial charge in [0, 0.05) is 31.2 Å². The van der Waals surface area contributed by atoms with Crippen molar-refractivity contribution in [3.63, 3.8) is 0 Å². The molecule has 10 atom stereocenters. The van der Waals surface area contributed by atoms with Crippen LogP contribution < -0.4 is 33.5 Å². The van der Waals surface area contributed by atoms with Gasteiger partial charge in [-0.1, -0.05) is 60.7 Å². The minimum atomic E-state index is -1.93. The highest BCUT2D eigenvalue weighted by atomic mass is 32.2. The van der Waals surface area contributed by atoms with E-state index in [1.165, 1.54) is 12.7 Å². The maximum Gasteiger partial charge on any atom is 0.494 e. The van der Waals surface area contributed by atoms with Crippen LogP contribution in [-0.4, -0.2) is 154 Å². The van der Waals surface area contributed by atoms with E-state index in [9.17, 15) is 14.9 Å². The zero-order chi connectivity index (χ0) is 51.0. The summed E-state index contributed by atoms with van der Waals surface area (Å²) in [6.45, 7) is 0.905. The van der Waals surface area contributed by atoms with Crippen LogP contribution in [0.25, 0.3) is 22.3 Å². The number of ether oxygens (including phenoxy) is 2. The Kier molecular flexibility index (Phi) is 17.4. The molecule has 4 fully saturated rings. The number of rotatable bonds is 25. The summed E-state index contributed by atoms with van der Waals surface area (Å²) in [5.41, 5.74) is 13.1. The Balaban J connectivity index is 0.734. The van der Waals surface area contributed by atoms with Gasteiger partial charge in [-0.25, -0.2) is 9.97 Å². The van der Waals surface area contributed by atoms with Gasteiger partial charge in [0.25, 0.3) is 11.1 Å². The lowest BCUT2D eigenvalue weighted by molar-refractivity contribution is -0.0556. The molecule has 26 nitrogen and oxygen atoms in total. The Hall–Kier alpha value is -5.24. The number of aromatic amines is 2. The fourth-order valence-corrected chi connectivity index (χ4v) is 11.4. The molecule has 6 N–H and O–H groups in total. The molecule has 0 saturated carbocycles. The highest BCUT2D eigenvalue weighted by Crippen LogP contribution is 2.46. The number of nitrogens with two attached hydrogens (primary N) is 2. The number of nitrogens with zero attached hydrogens (tertiary/aromatic N) is 8. The first-order valence-corrected chi connectivity index (χ1v) is 26.8. The van der Waals surface area contributed by atoms with Crippen molar-refractivity contribution in [2.75, 3.05) is 69.7 Å². The Morgan fingerprint density at radius 2 is 1.16 bits per heavy atom. The molecule has 0 amide bonds. The standard InChI is InChI=1S/C43H50B2N12O14P2S/c1-49-15-9-17-61-73(65-23-29-33-35(71-45(69-33)27-12-6-3-7-13-27)41(67-29)57-25-51-31-37(57)53-43(48)55-39(31)59)63-19-21-74-20-18-62-72(60-16-8-14-46)64-22-28-32-34(70-44(68-32)26-10-4-2-5-11-26)40(66-28)56-24-50-30-36(56)52-42(47)54-38(30)58/h2-7,10-13,15,24-25,28-29,32-35,40-41H,8-9,16-23H2,1H3,(H3,47,52,54,58)(H3,48,53,55,59)/t28-,29-,32-,33-,34-,35-,40-,41-,72?,73?/m1/s1. The van der Waals surface area contributed by atoms with Gasteiger partial charge in [-0.2, -0.15) is 27.0 Å².